The Balaban J connectivity index is 3.54. The number of unbranched alkanes of at least 4 members (excludes halogenated alkanes) is 7. The van der Waals surface area contributed by atoms with Gasteiger partial charge >= 0.3 is 5.97 Å². The van der Waals surface area contributed by atoms with E-state index < -0.39 is 5.97 Å². The lowest BCUT2D eigenvalue weighted by molar-refractivity contribution is -0.137. The Bertz CT molecular complexity index is 281. The SMILES string of the molecule is CCCCCCCCC(C)CC(C)=CCCCCC(=O)O. The summed E-state index contributed by atoms with van der Waals surface area (Å²) in [6, 6.07) is 0. The Morgan fingerprint density at radius 3 is 2.38 bits per heavy atom. The third-order valence-corrected chi connectivity index (χ3v) is 4.06. The number of allylic oxidation sites excluding steroid dienone is 2. The third-order valence-electron chi connectivity index (χ3n) is 4.06. The summed E-state index contributed by atoms with van der Waals surface area (Å²) in [5, 5.41) is 8.58. The Morgan fingerprint density at radius 1 is 1.05 bits per heavy atom. The van der Waals surface area contributed by atoms with Gasteiger partial charge in [-0.3, -0.25) is 4.79 Å². The molecule has 0 aromatic rings. The molecule has 2 nitrogen and oxygen atoms in total. The summed E-state index contributed by atoms with van der Waals surface area (Å²) < 4.78 is 0. The standard InChI is InChI=1S/C19H36O2/c1-4-5-6-7-8-10-13-17(2)16-18(3)14-11-9-12-15-19(20)21/h14,17H,4-13,15-16H2,1-3H3,(H,20,21). The van der Waals surface area contributed by atoms with Crippen molar-refractivity contribution in [2.45, 2.75) is 97.8 Å². The van der Waals surface area contributed by atoms with Gasteiger partial charge in [0.1, 0.15) is 0 Å². The second-order valence-electron chi connectivity index (χ2n) is 6.56. The molecule has 0 amide bonds. The van der Waals surface area contributed by atoms with Crippen LogP contribution < -0.4 is 0 Å². The number of carboxylic acids is 1. The largest absolute Gasteiger partial charge is 0.481 e. The van der Waals surface area contributed by atoms with Gasteiger partial charge in [0.2, 0.25) is 0 Å². The quantitative estimate of drug-likeness (QED) is 0.299. The van der Waals surface area contributed by atoms with Gasteiger partial charge in [-0.2, -0.15) is 0 Å². The Morgan fingerprint density at radius 2 is 1.71 bits per heavy atom. The van der Waals surface area contributed by atoms with E-state index in [1.165, 1.54) is 56.9 Å². The molecular formula is C19H36O2. The maximum absolute atomic E-state index is 10.4. The lowest BCUT2D eigenvalue weighted by Gasteiger charge is -2.11. The molecule has 0 saturated heterocycles. The minimum atomic E-state index is -0.678. The summed E-state index contributed by atoms with van der Waals surface area (Å²) in [5.41, 5.74) is 1.48. The van der Waals surface area contributed by atoms with Gasteiger partial charge < -0.3 is 5.11 Å². The highest BCUT2D eigenvalue weighted by atomic mass is 16.4. The van der Waals surface area contributed by atoms with Gasteiger partial charge in [0, 0.05) is 6.42 Å². The molecule has 0 rings (SSSR count). The zero-order valence-corrected chi connectivity index (χ0v) is 14.5. The monoisotopic (exact) mass is 296 g/mol. The molecular weight excluding hydrogens is 260 g/mol. The second kappa shape index (κ2) is 14.2. The molecule has 0 aliphatic heterocycles. The van der Waals surface area contributed by atoms with Crippen LogP contribution in [0.1, 0.15) is 97.8 Å². The molecule has 1 unspecified atom stereocenters. The summed E-state index contributed by atoms with van der Waals surface area (Å²) in [5.74, 6) is 0.106. The van der Waals surface area contributed by atoms with Crippen molar-refractivity contribution in [3.8, 4) is 0 Å². The van der Waals surface area contributed by atoms with Gasteiger partial charge in [-0.05, 0) is 38.5 Å². The number of hydrogen-bond acceptors (Lipinski definition) is 1. The lowest BCUT2D eigenvalue weighted by Crippen LogP contribution is -1.96. The number of aliphatic carboxylic acids is 1. The van der Waals surface area contributed by atoms with Crippen molar-refractivity contribution in [2.75, 3.05) is 0 Å². The number of rotatable bonds is 14. The molecule has 0 bridgehead atoms. The van der Waals surface area contributed by atoms with Gasteiger partial charge in [0.05, 0.1) is 0 Å². The highest BCUT2D eigenvalue weighted by molar-refractivity contribution is 5.66. The number of carbonyl (C=O) groups is 1. The van der Waals surface area contributed by atoms with E-state index >= 15 is 0 Å². The molecule has 124 valence electrons. The van der Waals surface area contributed by atoms with Crippen molar-refractivity contribution >= 4 is 5.97 Å². The molecule has 0 heterocycles. The fraction of sp³-hybridized carbons (Fsp3) is 0.842. The van der Waals surface area contributed by atoms with E-state index in [-0.39, 0.29) is 0 Å². The summed E-state index contributed by atoms with van der Waals surface area (Å²) in [6.45, 7) is 6.83. The van der Waals surface area contributed by atoms with Crippen LogP contribution in [0.15, 0.2) is 11.6 Å². The van der Waals surface area contributed by atoms with Crippen LogP contribution in [0.5, 0.6) is 0 Å². The third kappa shape index (κ3) is 15.4. The van der Waals surface area contributed by atoms with Crippen LogP contribution in [0.4, 0.5) is 0 Å². The zero-order valence-electron chi connectivity index (χ0n) is 14.5. The van der Waals surface area contributed by atoms with Crippen LogP contribution in [-0.4, -0.2) is 11.1 Å². The molecule has 1 N–H and O–H groups in total. The first kappa shape index (κ1) is 20.2. The molecule has 0 aromatic heterocycles. The normalized spacial score (nSPS) is 13.4. The van der Waals surface area contributed by atoms with E-state index in [4.69, 9.17) is 5.11 Å². The van der Waals surface area contributed by atoms with Crippen LogP contribution in [0, 0.1) is 5.92 Å². The van der Waals surface area contributed by atoms with E-state index in [0.717, 1.165) is 25.2 Å². The van der Waals surface area contributed by atoms with E-state index in [1.807, 2.05) is 0 Å². The molecule has 1 atom stereocenters. The summed E-state index contributed by atoms with van der Waals surface area (Å²) >= 11 is 0. The highest BCUT2D eigenvalue weighted by Gasteiger charge is 2.03. The van der Waals surface area contributed by atoms with Crippen molar-refractivity contribution < 1.29 is 9.90 Å². The van der Waals surface area contributed by atoms with Gasteiger partial charge in [0.15, 0.2) is 0 Å². The van der Waals surface area contributed by atoms with E-state index in [1.54, 1.807) is 0 Å². The van der Waals surface area contributed by atoms with Crippen molar-refractivity contribution in [1.82, 2.24) is 0 Å². The first-order valence-electron chi connectivity index (χ1n) is 8.93. The van der Waals surface area contributed by atoms with Gasteiger partial charge in [-0.25, -0.2) is 0 Å². The van der Waals surface area contributed by atoms with E-state index in [9.17, 15) is 4.79 Å². The molecule has 0 radical (unpaired) electrons. The summed E-state index contributed by atoms with van der Waals surface area (Å²) in [4.78, 5) is 10.4. The van der Waals surface area contributed by atoms with Gasteiger partial charge in [-0.1, -0.05) is 70.4 Å². The molecule has 0 aliphatic rings. The molecule has 0 aromatic carbocycles. The van der Waals surface area contributed by atoms with Gasteiger partial charge in [-0.15, -0.1) is 0 Å². The smallest absolute Gasteiger partial charge is 0.303 e. The highest BCUT2D eigenvalue weighted by Crippen LogP contribution is 2.19. The lowest BCUT2D eigenvalue weighted by atomic mass is 9.95. The van der Waals surface area contributed by atoms with Crippen LogP contribution in [0.25, 0.3) is 0 Å². The molecule has 2 heteroatoms. The van der Waals surface area contributed by atoms with E-state index in [2.05, 4.69) is 26.8 Å². The predicted molar refractivity (Wildman–Crippen MR) is 91.6 cm³/mol. The summed E-state index contributed by atoms with van der Waals surface area (Å²) in [6.07, 6.45) is 16.3. The Kier molecular flexibility index (Phi) is 13.6. The van der Waals surface area contributed by atoms with Crippen molar-refractivity contribution in [1.29, 1.82) is 0 Å². The predicted octanol–water partition coefficient (Wildman–Crippen LogP) is 6.35. The Labute approximate surface area is 132 Å². The zero-order chi connectivity index (χ0) is 15.9. The topological polar surface area (TPSA) is 37.3 Å². The van der Waals surface area contributed by atoms with E-state index in [0.29, 0.717) is 6.42 Å². The maximum Gasteiger partial charge on any atom is 0.303 e. The maximum atomic E-state index is 10.4. The average Bonchev–Trinajstić information content (AvgIpc) is 2.42. The number of hydrogen-bond donors (Lipinski definition) is 1. The van der Waals surface area contributed by atoms with Gasteiger partial charge in [0.25, 0.3) is 0 Å². The molecule has 0 spiro atoms. The van der Waals surface area contributed by atoms with Crippen LogP contribution >= 0.6 is 0 Å². The fourth-order valence-corrected chi connectivity index (χ4v) is 2.78. The minimum Gasteiger partial charge on any atom is -0.481 e. The molecule has 0 saturated carbocycles. The average molecular weight is 296 g/mol. The second-order valence-corrected chi connectivity index (χ2v) is 6.56. The first-order chi connectivity index (χ1) is 10.1. The summed E-state index contributed by atoms with van der Waals surface area (Å²) in [7, 11) is 0. The fourth-order valence-electron chi connectivity index (χ4n) is 2.78. The van der Waals surface area contributed by atoms with Crippen molar-refractivity contribution in [2.24, 2.45) is 5.92 Å². The molecule has 0 fully saturated rings. The number of carboxylic acid groups (broad SMARTS) is 1. The van der Waals surface area contributed by atoms with Crippen molar-refractivity contribution in [3.63, 3.8) is 0 Å². The minimum absolute atomic E-state index is 0.307. The molecule has 21 heavy (non-hydrogen) atoms. The van der Waals surface area contributed by atoms with Crippen LogP contribution in [-0.2, 0) is 4.79 Å². The van der Waals surface area contributed by atoms with Crippen molar-refractivity contribution in [3.05, 3.63) is 11.6 Å². The first-order valence-corrected chi connectivity index (χ1v) is 8.93. The molecule has 0 aliphatic carbocycles. The van der Waals surface area contributed by atoms with Crippen LogP contribution in [0.2, 0.25) is 0 Å². The van der Waals surface area contributed by atoms with Crippen LogP contribution in [0.3, 0.4) is 0 Å². The Hall–Kier alpha value is -0.790.